The second-order valence-electron chi connectivity index (χ2n) is 6.96. The highest BCUT2D eigenvalue weighted by Gasteiger charge is 2.16. The highest BCUT2D eigenvalue weighted by Crippen LogP contribution is 2.27. The fourth-order valence-electron chi connectivity index (χ4n) is 2.88. The summed E-state index contributed by atoms with van der Waals surface area (Å²) in [4.78, 5) is 21.2. The van der Waals surface area contributed by atoms with Crippen LogP contribution in [0.1, 0.15) is 28.9 Å². The first-order valence-electron chi connectivity index (χ1n) is 9.58. The normalized spacial score (nSPS) is 12.8. The van der Waals surface area contributed by atoms with Crippen molar-refractivity contribution in [1.29, 1.82) is 0 Å². The summed E-state index contributed by atoms with van der Waals surface area (Å²) < 4.78 is 0. The number of hydrogen-bond acceptors (Lipinski definition) is 6. The number of carbonyl (C=O) groups excluding carboxylic acids is 1. The molecular weight excluding hydrogens is 439 g/mol. The summed E-state index contributed by atoms with van der Waals surface area (Å²) in [6, 6.07) is 13.0. The molecule has 1 heterocycles. The molecule has 0 saturated heterocycles. The lowest BCUT2D eigenvalue weighted by molar-refractivity contribution is 0.0916. The minimum atomic E-state index is -0.579. The Morgan fingerprint density at radius 2 is 1.84 bits per heavy atom. The fourth-order valence-corrected chi connectivity index (χ4v) is 3.28. The van der Waals surface area contributed by atoms with Gasteiger partial charge in [0.15, 0.2) is 0 Å². The van der Waals surface area contributed by atoms with Gasteiger partial charge in [0.05, 0.1) is 36.2 Å². The fraction of sp³-hybridized carbons (Fsp3) is 0.227. The SMILES string of the molecule is C[C@@H](CO)Nc1ncc(Cl)c(-c2ccc(C(=O)N[C@H](CO)c3cccc(Cl)c3)cc2)n1. The minimum Gasteiger partial charge on any atom is -0.394 e. The Balaban J connectivity index is 1.76. The van der Waals surface area contributed by atoms with Crippen molar-refractivity contribution in [3.8, 4) is 11.3 Å². The summed E-state index contributed by atoms with van der Waals surface area (Å²) in [7, 11) is 0. The van der Waals surface area contributed by atoms with Crippen LogP contribution < -0.4 is 10.6 Å². The van der Waals surface area contributed by atoms with E-state index in [0.29, 0.717) is 38.4 Å². The predicted molar refractivity (Wildman–Crippen MR) is 121 cm³/mol. The third-order valence-corrected chi connectivity index (χ3v) is 5.06. The molecule has 0 aliphatic rings. The smallest absolute Gasteiger partial charge is 0.251 e. The topological polar surface area (TPSA) is 107 Å². The molecule has 162 valence electrons. The molecule has 1 amide bonds. The van der Waals surface area contributed by atoms with E-state index in [1.165, 1.54) is 6.20 Å². The Labute approximate surface area is 190 Å². The molecule has 3 rings (SSSR count). The molecule has 2 atom stereocenters. The first-order chi connectivity index (χ1) is 14.9. The van der Waals surface area contributed by atoms with E-state index in [2.05, 4.69) is 20.6 Å². The van der Waals surface area contributed by atoms with Gasteiger partial charge in [-0.25, -0.2) is 9.97 Å². The van der Waals surface area contributed by atoms with Gasteiger partial charge in [-0.3, -0.25) is 4.79 Å². The highest BCUT2D eigenvalue weighted by molar-refractivity contribution is 6.33. The number of anilines is 1. The van der Waals surface area contributed by atoms with Gasteiger partial charge in [-0.1, -0.05) is 47.5 Å². The number of amides is 1. The number of hydrogen-bond donors (Lipinski definition) is 4. The van der Waals surface area contributed by atoms with Gasteiger partial charge in [-0.05, 0) is 36.8 Å². The van der Waals surface area contributed by atoms with Crippen LogP contribution in [-0.4, -0.2) is 45.3 Å². The van der Waals surface area contributed by atoms with E-state index >= 15 is 0 Å². The van der Waals surface area contributed by atoms with E-state index in [4.69, 9.17) is 23.2 Å². The molecule has 0 radical (unpaired) electrons. The average molecular weight is 461 g/mol. The summed E-state index contributed by atoms with van der Waals surface area (Å²) in [6.45, 7) is 1.48. The molecule has 9 heteroatoms. The summed E-state index contributed by atoms with van der Waals surface area (Å²) in [5.74, 6) is 0.00793. The maximum Gasteiger partial charge on any atom is 0.251 e. The first kappa shape index (κ1) is 23.0. The maximum atomic E-state index is 12.7. The third-order valence-electron chi connectivity index (χ3n) is 4.55. The summed E-state index contributed by atoms with van der Waals surface area (Å²) in [5, 5.41) is 25.5. The lowest BCUT2D eigenvalue weighted by atomic mass is 10.1. The number of nitrogens with one attached hydrogen (secondary N) is 2. The second kappa shape index (κ2) is 10.5. The van der Waals surface area contributed by atoms with Crippen LogP contribution in [0.2, 0.25) is 10.0 Å². The molecule has 0 aliphatic carbocycles. The van der Waals surface area contributed by atoms with E-state index in [-0.39, 0.29) is 25.2 Å². The zero-order valence-electron chi connectivity index (χ0n) is 16.7. The van der Waals surface area contributed by atoms with Gasteiger partial charge in [0.25, 0.3) is 5.91 Å². The number of nitrogens with zero attached hydrogens (tertiary/aromatic N) is 2. The number of halogens is 2. The average Bonchev–Trinajstić information content (AvgIpc) is 2.78. The molecule has 7 nitrogen and oxygen atoms in total. The zero-order chi connectivity index (χ0) is 22.4. The van der Waals surface area contributed by atoms with Crippen molar-refractivity contribution in [3.05, 3.63) is 75.9 Å². The van der Waals surface area contributed by atoms with Gasteiger partial charge in [-0.15, -0.1) is 0 Å². The van der Waals surface area contributed by atoms with E-state index in [0.717, 1.165) is 0 Å². The Morgan fingerprint density at radius 1 is 1.10 bits per heavy atom. The monoisotopic (exact) mass is 460 g/mol. The van der Waals surface area contributed by atoms with E-state index < -0.39 is 6.04 Å². The zero-order valence-corrected chi connectivity index (χ0v) is 18.2. The van der Waals surface area contributed by atoms with Gasteiger partial charge in [0, 0.05) is 22.2 Å². The molecule has 4 N–H and O–H groups in total. The largest absolute Gasteiger partial charge is 0.394 e. The van der Waals surface area contributed by atoms with Crippen LogP contribution in [0.3, 0.4) is 0 Å². The number of rotatable bonds is 8. The standard InChI is InChI=1S/C22H22Cl2N4O3/c1-13(11-29)26-22-25-10-18(24)20(28-22)14-5-7-15(8-6-14)21(31)27-19(12-30)16-3-2-4-17(23)9-16/h2-10,13,19,29-30H,11-12H2,1H3,(H,27,31)(H,25,26,28)/t13-,19+/m0/s1. The molecule has 31 heavy (non-hydrogen) atoms. The molecular formula is C22H22Cl2N4O3. The summed E-state index contributed by atoms with van der Waals surface area (Å²) in [6.07, 6.45) is 1.48. The Morgan fingerprint density at radius 3 is 2.48 bits per heavy atom. The van der Waals surface area contributed by atoms with Crippen molar-refractivity contribution < 1.29 is 15.0 Å². The maximum absolute atomic E-state index is 12.7. The van der Waals surface area contributed by atoms with Crippen LogP contribution in [0, 0.1) is 0 Å². The molecule has 0 unspecified atom stereocenters. The molecule has 0 bridgehead atoms. The van der Waals surface area contributed by atoms with Crippen molar-refractivity contribution in [1.82, 2.24) is 15.3 Å². The number of aliphatic hydroxyl groups is 2. The molecule has 2 aromatic carbocycles. The van der Waals surface area contributed by atoms with Crippen LogP contribution in [0.15, 0.2) is 54.7 Å². The van der Waals surface area contributed by atoms with Gasteiger partial charge < -0.3 is 20.8 Å². The van der Waals surface area contributed by atoms with Crippen LogP contribution in [-0.2, 0) is 0 Å². The van der Waals surface area contributed by atoms with Crippen LogP contribution >= 0.6 is 23.2 Å². The Bertz CT molecular complexity index is 1050. The minimum absolute atomic E-state index is 0.0604. The van der Waals surface area contributed by atoms with Gasteiger partial charge in [-0.2, -0.15) is 0 Å². The lowest BCUT2D eigenvalue weighted by Crippen LogP contribution is -2.30. The van der Waals surface area contributed by atoms with Crippen molar-refractivity contribution >= 4 is 35.1 Å². The molecule has 0 aliphatic heterocycles. The number of benzene rings is 2. The molecule has 1 aromatic heterocycles. The molecule has 3 aromatic rings. The second-order valence-corrected chi connectivity index (χ2v) is 7.80. The van der Waals surface area contributed by atoms with Crippen LogP contribution in [0.25, 0.3) is 11.3 Å². The van der Waals surface area contributed by atoms with Crippen molar-refractivity contribution in [2.24, 2.45) is 0 Å². The van der Waals surface area contributed by atoms with Crippen LogP contribution in [0.4, 0.5) is 5.95 Å². The number of carbonyl (C=O) groups is 1. The molecule has 0 spiro atoms. The van der Waals surface area contributed by atoms with E-state index in [1.807, 2.05) is 0 Å². The number of aromatic nitrogens is 2. The lowest BCUT2D eigenvalue weighted by Gasteiger charge is -2.17. The van der Waals surface area contributed by atoms with Crippen molar-refractivity contribution in [2.45, 2.75) is 19.0 Å². The Kier molecular flexibility index (Phi) is 7.81. The van der Waals surface area contributed by atoms with Crippen molar-refractivity contribution in [3.63, 3.8) is 0 Å². The summed E-state index contributed by atoms with van der Waals surface area (Å²) >= 11 is 12.3. The highest BCUT2D eigenvalue weighted by atomic mass is 35.5. The van der Waals surface area contributed by atoms with Crippen LogP contribution in [0.5, 0.6) is 0 Å². The van der Waals surface area contributed by atoms with Gasteiger partial charge in [0.2, 0.25) is 5.95 Å². The van der Waals surface area contributed by atoms with Gasteiger partial charge in [0.1, 0.15) is 0 Å². The van der Waals surface area contributed by atoms with E-state index in [1.54, 1.807) is 55.5 Å². The Hall–Kier alpha value is -2.71. The number of aliphatic hydroxyl groups excluding tert-OH is 2. The van der Waals surface area contributed by atoms with Crippen molar-refractivity contribution in [2.75, 3.05) is 18.5 Å². The summed E-state index contributed by atoms with van der Waals surface area (Å²) in [5.41, 5.74) is 2.34. The molecule has 0 saturated carbocycles. The van der Waals surface area contributed by atoms with E-state index in [9.17, 15) is 15.0 Å². The third kappa shape index (κ3) is 5.92. The predicted octanol–water partition coefficient (Wildman–Crippen LogP) is 3.71. The van der Waals surface area contributed by atoms with Gasteiger partial charge >= 0.3 is 0 Å². The molecule has 0 fully saturated rings. The quantitative estimate of drug-likeness (QED) is 0.408. The first-order valence-corrected chi connectivity index (χ1v) is 10.3.